The first-order valence-corrected chi connectivity index (χ1v) is 14.5. The zero-order valence-corrected chi connectivity index (χ0v) is 23.6. The van der Waals surface area contributed by atoms with E-state index in [4.69, 9.17) is 4.74 Å². The quantitative estimate of drug-likeness (QED) is 0.335. The number of rotatable bonds is 6. The summed E-state index contributed by atoms with van der Waals surface area (Å²) in [6.45, 7) is 6.41. The highest BCUT2D eigenvalue weighted by Crippen LogP contribution is 2.35. The Kier molecular flexibility index (Phi) is 6.59. The molecule has 12 heteroatoms. The molecule has 3 heterocycles. The average molecular weight is 559 g/mol. The van der Waals surface area contributed by atoms with E-state index in [9.17, 15) is 8.42 Å². The fraction of sp³-hybridized carbons (Fsp3) is 0.321. The van der Waals surface area contributed by atoms with Gasteiger partial charge in [0.15, 0.2) is 5.82 Å². The number of hydrogen-bond donors (Lipinski definition) is 1. The zero-order chi connectivity index (χ0) is 28.0. The van der Waals surface area contributed by atoms with Crippen LogP contribution in [-0.2, 0) is 30.0 Å². The third kappa shape index (κ3) is 4.62. The summed E-state index contributed by atoms with van der Waals surface area (Å²) in [5.41, 5.74) is 6.84. The molecule has 1 aliphatic rings. The number of nitrogens with zero attached hydrogens (tertiary/aromatic N) is 7. The van der Waals surface area contributed by atoms with E-state index < -0.39 is 10.0 Å². The number of tetrazole rings is 1. The van der Waals surface area contributed by atoms with Gasteiger partial charge in [0, 0.05) is 25.9 Å². The molecular formula is C28H30N8O3S. The molecule has 206 valence electrons. The molecule has 0 aliphatic carbocycles. The van der Waals surface area contributed by atoms with E-state index in [0.717, 1.165) is 38.9 Å². The van der Waals surface area contributed by atoms with Gasteiger partial charge >= 0.3 is 0 Å². The van der Waals surface area contributed by atoms with Crippen molar-refractivity contribution in [2.45, 2.75) is 50.7 Å². The number of H-pyrrole nitrogens is 1. The van der Waals surface area contributed by atoms with Gasteiger partial charge in [-0.3, -0.25) is 0 Å². The van der Waals surface area contributed by atoms with Crippen LogP contribution in [0.2, 0.25) is 0 Å². The molecule has 40 heavy (non-hydrogen) atoms. The Hall–Kier alpha value is -4.16. The van der Waals surface area contributed by atoms with Crippen LogP contribution in [0.25, 0.3) is 11.0 Å². The predicted molar refractivity (Wildman–Crippen MR) is 148 cm³/mol. The lowest BCUT2D eigenvalue weighted by molar-refractivity contribution is 0.190. The first kappa shape index (κ1) is 26.1. The van der Waals surface area contributed by atoms with E-state index >= 15 is 0 Å². The van der Waals surface area contributed by atoms with Crippen LogP contribution in [0, 0.1) is 13.8 Å². The Balaban J connectivity index is 1.41. The van der Waals surface area contributed by atoms with Crippen molar-refractivity contribution in [1.29, 1.82) is 0 Å². The lowest BCUT2D eigenvalue weighted by Gasteiger charge is -2.24. The molecule has 1 N–H and O–H groups in total. The second kappa shape index (κ2) is 10.1. The lowest BCUT2D eigenvalue weighted by atomic mass is 9.84. The maximum atomic E-state index is 13.7. The summed E-state index contributed by atoms with van der Waals surface area (Å²) in [6, 6.07) is 17.2. The summed E-state index contributed by atoms with van der Waals surface area (Å²) >= 11 is 0. The van der Waals surface area contributed by atoms with E-state index in [1.807, 2.05) is 40.0 Å². The van der Waals surface area contributed by atoms with Gasteiger partial charge in [-0.05, 0) is 66.8 Å². The van der Waals surface area contributed by atoms with Crippen molar-refractivity contribution in [3.63, 3.8) is 0 Å². The van der Waals surface area contributed by atoms with Gasteiger partial charge in [-0.15, -0.1) is 15.3 Å². The normalized spacial score (nSPS) is 17.8. The van der Waals surface area contributed by atoms with Crippen molar-refractivity contribution < 1.29 is 13.2 Å². The van der Waals surface area contributed by atoms with Crippen LogP contribution in [-0.4, -0.2) is 61.0 Å². The molecule has 0 saturated heterocycles. The standard InChI is InChI=1S/C28H30N8O3S/c1-17-9-10-20(13-21(17)16-36-15-18(2)39-25-7-5-6-8-26(25)40(36,37)38)23(14-27-29-32-33-30-27)22-11-12-24-28(19(22)3)31-34-35(24)4/h5-13,18,23H,14-16H2,1-4H3,(H,29,30,32,33). The van der Waals surface area contributed by atoms with Gasteiger partial charge < -0.3 is 4.74 Å². The Morgan fingerprint density at radius 2 is 1.93 bits per heavy atom. The van der Waals surface area contributed by atoms with E-state index in [-0.39, 0.29) is 30.0 Å². The molecule has 0 saturated carbocycles. The molecule has 0 amide bonds. The first-order valence-electron chi connectivity index (χ1n) is 13.1. The van der Waals surface area contributed by atoms with Crippen molar-refractivity contribution in [2.24, 2.45) is 7.05 Å². The molecule has 2 aromatic heterocycles. The van der Waals surface area contributed by atoms with E-state index in [1.165, 1.54) is 4.31 Å². The van der Waals surface area contributed by atoms with Crippen LogP contribution in [0.15, 0.2) is 59.5 Å². The van der Waals surface area contributed by atoms with Gasteiger partial charge in [0.2, 0.25) is 10.0 Å². The Morgan fingerprint density at radius 3 is 2.73 bits per heavy atom. The van der Waals surface area contributed by atoms with E-state index in [1.54, 1.807) is 28.9 Å². The van der Waals surface area contributed by atoms with Gasteiger partial charge in [-0.2, -0.15) is 9.52 Å². The maximum Gasteiger partial charge on any atom is 0.247 e. The van der Waals surface area contributed by atoms with Crippen molar-refractivity contribution in [2.75, 3.05) is 6.54 Å². The number of nitrogens with one attached hydrogen (secondary N) is 1. The number of sulfonamides is 1. The monoisotopic (exact) mass is 558 g/mol. The van der Waals surface area contributed by atoms with Crippen molar-refractivity contribution in [3.05, 3.63) is 88.2 Å². The molecule has 1 aliphatic heterocycles. The van der Waals surface area contributed by atoms with E-state index in [2.05, 4.69) is 49.1 Å². The van der Waals surface area contributed by atoms with Crippen LogP contribution >= 0.6 is 0 Å². The Morgan fingerprint density at radius 1 is 1.10 bits per heavy atom. The Bertz CT molecular complexity index is 1800. The van der Waals surface area contributed by atoms with Gasteiger partial charge in [0.1, 0.15) is 22.3 Å². The number of ether oxygens (including phenoxy) is 1. The highest BCUT2D eigenvalue weighted by molar-refractivity contribution is 7.89. The van der Waals surface area contributed by atoms with Gasteiger partial charge in [-0.25, -0.2) is 13.1 Å². The fourth-order valence-corrected chi connectivity index (χ4v) is 7.06. The van der Waals surface area contributed by atoms with Gasteiger partial charge in [0.25, 0.3) is 0 Å². The number of benzene rings is 3. The molecule has 11 nitrogen and oxygen atoms in total. The molecule has 2 atom stereocenters. The van der Waals surface area contributed by atoms with Crippen LogP contribution in [0.3, 0.4) is 0 Å². The van der Waals surface area contributed by atoms with Crippen LogP contribution < -0.4 is 4.74 Å². The van der Waals surface area contributed by atoms with E-state index in [0.29, 0.717) is 18.0 Å². The number of para-hydroxylation sites is 1. The van der Waals surface area contributed by atoms with Gasteiger partial charge in [-0.1, -0.05) is 46.8 Å². The summed E-state index contributed by atoms with van der Waals surface area (Å²) < 4.78 is 36.7. The molecular weight excluding hydrogens is 528 g/mol. The third-order valence-electron chi connectivity index (χ3n) is 7.61. The number of aryl methyl sites for hydroxylation is 3. The highest BCUT2D eigenvalue weighted by Gasteiger charge is 2.33. The summed E-state index contributed by atoms with van der Waals surface area (Å²) in [5.74, 6) is 0.855. The molecule has 0 bridgehead atoms. The van der Waals surface area contributed by atoms with Crippen molar-refractivity contribution >= 4 is 21.1 Å². The molecule has 2 unspecified atom stereocenters. The highest BCUT2D eigenvalue weighted by atomic mass is 32.2. The zero-order valence-electron chi connectivity index (χ0n) is 22.7. The predicted octanol–water partition coefficient (Wildman–Crippen LogP) is 3.44. The minimum absolute atomic E-state index is 0.118. The lowest BCUT2D eigenvalue weighted by Crippen LogP contribution is -2.35. The fourth-order valence-electron chi connectivity index (χ4n) is 5.44. The molecule has 0 spiro atoms. The molecule has 5 aromatic rings. The third-order valence-corrected chi connectivity index (χ3v) is 9.46. The van der Waals surface area contributed by atoms with Crippen LogP contribution in [0.4, 0.5) is 0 Å². The number of aromatic amines is 1. The minimum atomic E-state index is -3.76. The number of hydrogen-bond acceptors (Lipinski definition) is 8. The molecule has 0 fully saturated rings. The largest absolute Gasteiger partial charge is 0.488 e. The summed E-state index contributed by atoms with van der Waals surface area (Å²) in [4.78, 5) is 0.191. The second-order valence-corrected chi connectivity index (χ2v) is 12.2. The summed E-state index contributed by atoms with van der Waals surface area (Å²) in [6.07, 6.45) is 0.209. The maximum absolute atomic E-state index is 13.7. The van der Waals surface area contributed by atoms with Crippen LogP contribution in [0.1, 0.15) is 46.5 Å². The first-order chi connectivity index (χ1) is 19.2. The molecule has 6 rings (SSSR count). The topological polar surface area (TPSA) is 132 Å². The van der Waals surface area contributed by atoms with Gasteiger partial charge in [0.05, 0.1) is 12.1 Å². The SMILES string of the molecule is Cc1ccc(C(Cc2nn[nH]n2)c2ccc3c(nnn3C)c2C)cc1CN1CC(C)Oc2ccccc2S1(=O)=O. The smallest absolute Gasteiger partial charge is 0.247 e. The molecule has 0 radical (unpaired) electrons. The average Bonchev–Trinajstić information content (AvgIpc) is 3.57. The van der Waals surface area contributed by atoms with Crippen LogP contribution in [0.5, 0.6) is 5.75 Å². The summed E-state index contributed by atoms with van der Waals surface area (Å²) in [5, 5.41) is 23.3. The number of aromatic nitrogens is 7. The molecule has 3 aromatic carbocycles. The second-order valence-electron chi connectivity index (χ2n) is 10.3. The Labute approximate surface area is 232 Å². The van der Waals surface area contributed by atoms with Crippen molar-refractivity contribution in [1.82, 2.24) is 39.9 Å². The number of fused-ring (bicyclic) bond motifs is 2. The summed E-state index contributed by atoms with van der Waals surface area (Å²) in [7, 11) is -1.89. The van der Waals surface area contributed by atoms with Crippen molar-refractivity contribution in [3.8, 4) is 5.75 Å². The minimum Gasteiger partial charge on any atom is -0.488 e.